The Hall–Kier alpha value is -1.43. The largest absolute Gasteiger partial charge is 0.388 e. The van der Waals surface area contributed by atoms with Crippen molar-refractivity contribution in [3.05, 3.63) is 12.2 Å². The zero-order chi connectivity index (χ0) is 12.1. The van der Waals surface area contributed by atoms with E-state index in [-0.39, 0.29) is 5.84 Å². The molecule has 6 nitrogen and oxygen atoms in total. The van der Waals surface area contributed by atoms with Gasteiger partial charge in [0.25, 0.3) is 0 Å². The summed E-state index contributed by atoms with van der Waals surface area (Å²) in [4.78, 5) is 6.32. The second-order valence-electron chi connectivity index (χ2n) is 4.23. The third kappa shape index (κ3) is 3.62. The molecule has 0 saturated heterocycles. The highest BCUT2D eigenvalue weighted by molar-refractivity contribution is 5.76. The van der Waals surface area contributed by atoms with Crippen molar-refractivity contribution in [3.63, 3.8) is 0 Å². The van der Waals surface area contributed by atoms with Crippen molar-refractivity contribution in [1.82, 2.24) is 19.7 Å². The fourth-order valence-electron chi connectivity index (χ4n) is 1.45. The monoisotopic (exact) mass is 224 g/mol. The maximum atomic E-state index is 7.17. The second kappa shape index (κ2) is 5.60. The number of nitrogens with zero attached hydrogens (tertiary/aromatic N) is 4. The predicted molar refractivity (Wildman–Crippen MR) is 63.3 cm³/mol. The molecule has 0 atom stereocenters. The second-order valence-corrected chi connectivity index (χ2v) is 4.23. The molecule has 0 fully saturated rings. The van der Waals surface area contributed by atoms with Crippen LogP contribution in [0.2, 0.25) is 0 Å². The van der Waals surface area contributed by atoms with E-state index >= 15 is 0 Å². The van der Waals surface area contributed by atoms with E-state index in [4.69, 9.17) is 11.1 Å². The molecule has 3 N–H and O–H groups in total. The topological polar surface area (TPSA) is 83.8 Å². The van der Waals surface area contributed by atoms with Crippen molar-refractivity contribution in [3.8, 4) is 0 Å². The molecule has 1 rings (SSSR count). The van der Waals surface area contributed by atoms with Crippen molar-refractivity contribution < 1.29 is 0 Å². The predicted octanol–water partition coefficient (Wildman–Crippen LogP) is 0.617. The minimum Gasteiger partial charge on any atom is -0.388 e. The minimum absolute atomic E-state index is 0.220. The van der Waals surface area contributed by atoms with Gasteiger partial charge >= 0.3 is 0 Å². The van der Waals surface area contributed by atoms with Gasteiger partial charge in [-0.05, 0) is 20.9 Å². The summed E-state index contributed by atoms with van der Waals surface area (Å²) >= 11 is 0. The van der Waals surface area contributed by atoms with Crippen LogP contribution >= 0.6 is 0 Å². The zero-order valence-corrected chi connectivity index (χ0v) is 10.1. The molecular weight excluding hydrogens is 204 g/mol. The standard InChI is InChI=1S/C10H20N6/c1-8(2)16-10(13-7-14-16)6-15(3)5-4-9(11)12/h7-8H,4-6H2,1-3H3,(H3,11,12). The van der Waals surface area contributed by atoms with Crippen LogP contribution in [0.1, 0.15) is 32.1 Å². The van der Waals surface area contributed by atoms with Crippen molar-refractivity contribution in [1.29, 1.82) is 5.41 Å². The molecule has 0 aliphatic rings. The number of rotatable bonds is 6. The number of hydrogen-bond acceptors (Lipinski definition) is 4. The van der Waals surface area contributed by atoms with Crippen LogP contribution in [-0.2, 0) is 6.54 Å². The van der Waals surface area contributed by atoms with Crippen LogP contribution in [0, 0.1) is 5.41 Å². The van der Waals surface area contributed by atoms with Crippen molar-refractivity contribution in [2.45, 2.75) is 32.9 Å². The van der Waals surface area contributed by atoms with Crippen LogP contribution < -0.4 is 5.73 Å². The maximum Gasteiger partial charge on any atom is 0.141 e. The summed E-state index contributed by atoms with van der Waals surface area (Å²) in [6.07, 6.45) is 2.17. The van der Waals surface area contributed by atoms with Gasteiger partial charge in [0.1, 0.15) is 12.2 Å². The van der Waals surface area contributed by atoms with Gasteiger partial charge in [0.05, 0.1) is 12.4 Å². The smallest absolute Gasteiger partial charge is 0.141 e. The number of amidine groups is 1. The molecule has 0 spiro atoms. The molecule has 0 bridgehead atoms. The molecule has 0 aromatic carbocycles. The van der Waals surface area contributed by atoms with Gasteiger partial charge in [0.15, 0.2) is 0 Å². The van der Waals surface area contributed by atoms with Gasteiger partial charge in [-0.25, -0.2) is 9.67 Å². The van der Waals surface area contributed by atoms with E-state index in [1.807, 2.05) is 11.7 Å². The van der Waals surface area contributed by atoms with E-state index in [2.05, 4.69) is 28.8 Å². The lowest BCUT2D eigenvalue weighted by molar-refractivity contribution is 0.314. The van der Waals surface area contributed by atoms with Gasteiger partial charge in [-0.1, -0.05) is 0 Å². The normalized spacial score (nSPS) is 11.3. The highest BCUT2D eigenvalue weighted by atomic mass is 15.4. The Morgan fingerprint density at radius 1 is 1.62 bits per heavy atom. The first-order valence-corrected chi connectivity index (χ1v) is 5.40. The highest BCUT2D eigenvalue weighted by Gasteiger charge is 2.09. The summed E-state index contributed by atoms with van der Waals surface area (Å²) < 4.78 is 1.91. The van der Waals surface area contributed by atoms with E-state index in [1.54, 1.807) is 6.33 Å². The number of nitrogens with two attached hydrogens (primary N) is 1. The lowest BCUT2D eigenvalue weighted by Gasteiger charge is -2.17. The number of aromatic nitrogens is 3. The molecule has 0 aliphatic heterocycles. The molecular formula is C10H20N6. The molecule has 1 aromatic heterocycles. The summed E-state index contributed by atoms with van der Waals surface area (Å²) in [6, 6.07) is 0.318. The molecule has 0 amide bonds. The highest BCUT2D eigenvalue weighted by Crippen LogP contribution is 2.07. The Morgan fingerprint density at radius 2 is 2.31 bits per heavy atom. The van der Waals surface area contributed by atoms with E-state index in [1.165, 1.54) is 0 Å². The first-order valence-electron chi connectivity index (χ1n) is 5.40. The van der Waals surface area contributed by atoms with Crippen LogP contribution in [0.25, 0.3) is 0 Å². The van der Waals surface area contributed by atoms with E-state index in [9.17, 15) is 0 Å². The molecule has 1 heterocycles. The molecule has 16 heavy (non-hydrogen) atoms. The summed E-state index contributed by atoms with van der Waals surface area (Å²) in [5.41, 5.74) is 5.32. The lowest BCUT2D eigenvalue weighted by atomic mass is 10.3. The third-order valence-electron chi connectivity index (χ3n) is 2.31. The van der Waals surface area contributed by atoms with Crippen molar-refractivity contribution >= 4 is 5.84 Å². The Bertz CT molecular complexity index is 343. The van der Waals surface area contributed by atoms with Gasteiger partial charge < -0.3 is 5.73 Å². The zero-order valence-electron chi connectivity index (χ0n) is 10.1. The molecule has 0 unspecified atom stereocenters. The van der Waals surface area contributed by atoms with Crippen LogP contribution in [0.5, 0.6) is 0 Å². The van der Waals surface area contributed by atoms with Crippen LogP contribution in [0.15, 0.2) is 6.33 Å². The van der Waals surface area contributed by atoms with Crippen molar-refractivity contribution in [2.75, 3.05) is 13.6 Å². The number of hydrogen-bond donors (Lipinski definition) is 2. The summed E-state index contributed by atoms with van der Waals surface area (Å²) in [5.74, 6) is 1.17. The van der Waals surface area contributed by atoms with E-state index < -0.39 is 0 Å². The van der Waals surface area contributed by atoms with Gasteiger partial charge in [-0.2, -0.15) is 5.10 Å². The SMILES string of the molecule is CC(C)n1ncnc1CN(C)CCC(=N)N. The fraction of sp³-hybridized carbons (Fsp3) is 0.700. The molecule has 6 heteroatoms. The average molecular weight is 224 g/mol. The first kappa shape index (κ1) is 12.6. The van der Waals surface area contributed by atoms with Crippen LogP contribution in [0.4, 0.5) is 0 Å². The summed E-state index contributed by atoms with van der Waals surface area (Å²) in [5, 5.41) is 11.3. The molecule has 90 valence electrons. The lowest BCUT2D eigenvalue weighted by Crippen LogP contribution is -2.25. The fourth-order valence-corrected chi connectivity index (χ4v) is 1.45. The Morgan fingerprint density at radius 3 is 2.88 bits per heavy atom. The Kier molecular flexibility index (Phi) is 4.42. The van der Waals surface area contributed by atoms with Gasteiger partial charge in [-0.15, -0.1) is 0 Å². The quantitative estimate of drug-likeness (QED) is 0.548. The molecule has 0 saturated carbocycles. The van der Waals surface area contributed by atoms with Crippen LogP contribution in [-0.4, -0.2) is 39.1 Å². The summed E-state index contributed by atoms with van der Waals surface area (Å²) in [7, 11) is 1.99. The first-order chi connectivity index (χ1) is 7.50. The third-order valence-corrected chi connectivity index (χ3v) is 2.31. The number of nitrogens with one attached hydrogen (secondary N) is 1. The Labute approximate surface area is 96.0 Å². The molecule has 1 aromatic rings. The molecule has 0 aliphatic carbocycles. The maximum absolute atomic E-state index is 7.17. The Balaban J connectivity index is 2.52. The van der Waals surface area contributed by atoms with Gasteiger partial charge in [0, 0.05) is 19.0 Å². The van der Waals surface area contributed by atoms with E-state index in [0.717, 1.165) is 18.9 Å². The average Bonchev–Trinajstić information content (AvgIpc) is 2.62. The van der Waals surface area contributed by atoms with E-state index in [0.29, 0.717) is 12.5 Å². The summed E-state index contributed by atoms with van der Waals surface area (Å²) in [6.45, 7) is 5.65. The van der Waals surface area contributed by atoms with Gasteiger partial charge in [0.2, 0.25) is 0 Å². The van der Waals surface area contributed by atoms with Crippen molar-refractivity contribution in [2.24, 2.45) is 5.73 Å². The van der Waals surface area contributed by atoms with Crippen LogP contribution in [0.3, 0.4) is 0 Å². The minimum atomic E-state index is 0.220. The molecule has 0 radical (unpaired) electrons. The van der Waals surface area contributed by atoms with Gasteiger partial charge in [-0.3, -0.25) is 10.3 Å².